The maximum atomic E-state index is 12.4. The fourth-order valence-corrected chi connectivity index (χ4v) is 2.66. The molecule has 0 aromatic heterocycles. The van der Waals surface area contributed by atoms with Crippen LogP contribution in [0.5, 0.6) is 5.75 Å². The minimum Gasteiger partial charge on any atom is -0.489 e. The summed E-state index contributed by atoms with van der Waals surface area (Å²) in [5.74, 6) is -1.72. The minimum absolute atomic E-state index is 0.221. The van der Waals surface area contributed by atoms with Crippen molar-refractivity contribution < 1.29 is 33.7 Å². The number of benzene rings is 2. The van der Waals surface area contributed by atoms with Crippen molar-refractivity contribution in [3.05, 3.63) is 65.7 Å². The Balaban J connectivity index is 2.30. The molecule has 8 nitrogen and oxygen atoms in total. The van der Waals surface area contributed by atoms with E-state index in [9.17, 15) is 19.5 Å². The van der Waals surface area contributed by atoms with Gasteiger partial charge in [-0.1, -0.05) is 42.5 Å². The summed E-state index contributed by atoms with van der Waals surface area (Å²) >= 11 is 0. The third-order valence-electron chi connectivity index (χ3n) is 4.05. The van der Waals surface area contributed by atoms with Crippen LogP contribution in [0.15, 0.2) is 54.6 Å². The van der Waals surface area contributed by atoms with Gasteiger partial charge in [-0.05, 0) is 23.3 Å². The number of rotatable bonds is 8. The van der Waals surface area contributed by atoms with E-state index in [0.717, 1.165) is 19.8 Å². The number of aliphatic carboxylic acids is 1. The van der Waals surface area contributed by atoms with Crippen LogP contribution in [0, 0.1) is 0 Å². The van der Waals surface area contributed by atoms with Crippen molar-refractivity contribution in [1.82, 2.24) is 5.32 Å². The fraction of sp³-hybridized carbons (Fsp3) is 0.250. The second-order valence-electron chi connectivity index (χ2n) is 5.88. The van der Waals surface area contributed by atoms with Crippen molar-refractivity contribution >= 4 is 18.0 Å². The van der Waals surface area contributed by atoms with Gasteiger partial charge in [0.25, 0.3) is 0 Å². The molecule has 2 rings (SSSR count). The highest BCUT2D eigenvalue weighted by Crippen LogP contribution is 2.29. The Kier molecular flexibility index (Phi) is 6.97. The van der Waals surface area contributed by atoms with Crippen LogP contribution < -0.4 is 10.1 Å². The molecule has 0 spiro atoms. The molecule has 0 unspecified atom stereocenters. The molecule has 0 aliphatic rings. The Morgan fingerprint density at radius 3 is 2.14 bits per heavy atom. The maximum Gasteiger partial charge on any atom is 0.408 e. The van der Waals surface area contributed by atoms with E-state index < -0.39 is 30.0 Å². The highest BCUT2D eigenvalue weighted by molar-refractivity contribution is 5.91. The summed E-state index contributed by atoms with van der Waals surface area (Å²) < 4.78 is 15.0. The topological polar surface area (TPSA) is 111 Å². The Morgan fingerprint density at radius 1 is 0.964 bits per heavy atom. The van der Waals surface area contributed by atoms with Crippen LogP contribution in [-0.2, 0) is 31.2 Å². The van der Waals surface area contributed by atoms with Crippen LogP contribution in [0.1, 0.15) is 17.5 Å². The van der Waals surface area contributed by atoms with E-state index in [4.69, 9.17) is 9.47 Å². The first-order valence-electron chi connectivity index (χ1n) is 8.35. The zero-order valence-electron chi connectivity index (χ0n) is 15.5. The highest BCUT2D eigenvalue weighted by Gasteiger charge is 2.45. The van der Waals surface area contributed by atoms with E-state index >= 15 is 0 Å². The average Bonchev–Trinajstić information content (AvgIpc) is 2.71. The van der Waals surface area contributed by atoms with Crippen molar-refractivity contribution in [2.75, 3.05) is 14.2 Å². The van der Waals surface area contributed by atoms with Gasteiger partial charge in [0.15, 0.2) is 5.54 Å². The van der Waals surface area contributed by atoms with E-state index in [2.05, 4.69) is 10.1 Å². The van der Waals surface area contributed by atoms with Crippen LogP contribution in [0.4, 0.5) is 4.79 Å². The Morgan fingerprint density at radius 2 is 1.61 bits per heavy atom. The summed E-state index contributed by atoms with van der Waals surface area (Å²) in [6.07, 6.45) is -1.69. The van der Waals surface area contributed by atoms with Gasteiger partial charge in [-0.15, -0.1) is 0 Å². The number of hydrogen-bond acceptors (Lipinski definition) is 6. The molecule has 0 radical (unpaired) electrons. The van der Waals surface area contributed by atoms with Gasteiger partial charge in [-0.2, -0.15) is 0 Å². The van der Waals surface area contributed by atoms with Crippen LogP contribution >= 0.6 is 0 Å². The summed E-state index contributed by atoms with van der Waals surface area (Å²) in [7, 11) is 2.22. The lowest BCUT2D eigenvalue weighted by Gasteiger charge is -2.30. The fourth-order valence-electron chi connectivity index (χ4n) is 2.66. The summed E-state index contributed by atoms with van der Waals surface area (Å²) in [5, 5.41) is 11.6. The van der Waals surface area contributed by atoms with Crippen molar-refractivity contribution in [2.24, 2.45) is 0 Å². The van der Waals surface area contributed by atoms with E-state index in [1.165, 1.54) is 12.1 Å². The average molecular weight is 387 g/mol. The smallest absolute Gasteiger partial charge is 0.408 e. The molecular formula is C20H21NO7. The Labute approximate surface area is 162 Å². The number of carboxylic acid groups (broad SMARTS) is 1. The third-order valence-corrected chi connectivity index (χ3v) is 4.05. The largest absolute Gasteiger partial charge is 0.489 e. The van der Waals surface area contributed by atoms with Gasteiger partial charge in [0.1, 0.15) is 12.4 Å². The van der Waals surface area contributed by atoms with Gasteiger partial charge in [-0.25, -0.2) is 9.59 Å². The molecule has 148 valence electrons. The molecule has 0 saturated heterocycles. The van der Waals surface area contributed by atoms with Crippen LogP contribution in [-0.4, -0.2) is 37.4 Å². The van der Waals surface area contributed by atoms with E-state index in [0.29, 0.717) is 12.4 Å². The number of carbonyl (C=O) groups excluding carboxylic acids is 2. The van der Waals surface area contributed by atoms with Crippen molar-refractivity contribution in [3.8, 4) is 5.75 Å². The minimum atomic E-state index is -1.94. The van der Waals surface area contributed by atoms with Crippen molar-refractivity contribution in [3.63, 3.8) is 0 Å². The second kappa shape index (κ2) is 9.40. The number of carbonyl (C=O) groups is 3. The summed E-state index contributed by atoms with van der Waals surface area (Å²) in [6.45, 7) is 0.345. The monoisotopic (exact) mass is 387 g/mol. The Hall–Kier alpha value is -3.55. The molecule has 0 aliphatic carbocycles. The predicted molar refractivity (Wildman–Crippen MR) is 98.7 cm³/mol. The van der Waals surface area contributed by atoms with Gasteiger partial charge in [0, 0.05) is 0 Å². The quantitative estimate of drug-likeness (QED) is 0.669. The molecule has 8 heteroatoms. The van der Waals surface area contributed by atoms with Crippen molar-refractivity contribution in [1.29, 1.82) is 0 Å². The SMILES string of the molecule is COC(=O)N[C@](CC(=O)O)(C(=O)OC)c1ccc(OCc2ccccc2)cc1. The molecule has 0 saturated carbocycles. The number of esters is 1. The lowest BCUT2D eigenvalue weighted by molar-refractivity contribution is -0.154. The lowest BCUT2D eigenvalue weighted by atomic mass is 9.86. The zero-order valence-corrected chi connectivity index (χ0v) is 15.5. The first-order chi connectivity index (χ1) is 13.4. The van der Waals surface area contributed by atoms with E-state index in [1.807, 2.05) is 30.3 Å². The van der Waals surface area contributed by atoms with Crippen LogP contribution in [0.2, 0.25) is 0 Å². The van der Waals surface area contributed by atoms with Crippen molar-refractivity contribution in [2.45, 2.75) is 18.6 Å². The summed E-state index contributed by atoms with van der Waals surface area (Å²) in [4.78, 5) is 35.6. The summed E-state index contributed by atoms with van der Waals surface area (Å²) in [5.41, 5.74) is -0.737. The number of alkyl carbamates (subject to hydrolysis) is 1. The molecule has 1 atom stereocenters. The number of hydrogen-bond donors (Lipinski definition) is 2. The maximum absolute atomic E-state index is 12.4. The molecule has 2 aromatic carbocycles. The number of amides is 1. The summed E-state index contributed by atoms with van der Waals surface area (Å²) in [6, 6.07) is 15.7. The molecule has 28 heavy (non-hydrogen) atoms. The van der Waals surface area contributed by atoms with Crippen LogP contribution in [0.3, 0.4) is 0 Å². The van der Waals surface area contributed by atoms with Gasteiger partial charge in [0.05, 0.1) is 20.6 Å². The first kappa shape index (κ1) is 20.8. The standard InChI is InChI=1S/C20H21NO7/c1-26-18(24)20(12-17(22)23,21-19(25)27-2)15-8-10-16(11-9-15)28-13-14-6-4-3-5-7-14/h3-11H,12-13H2,1-2H3,(H,21,25)(H,22,23)/t20-/m0/s1. The van der Waals surface area contributed by atoms with Crippen LogP contribution in [0.25, 0.3) is 0 Å². The molecule has 2 aromatic rings. The number of nitrogens with one attached hydrogen (secondary N) is 1. The molecule has 0 bridgehead atoms. The number of methoxy groups -OCH3 is 2. The van der Waals surface area contributed by atoms with E-state index in [-0.39, 0.29) is 5.56 Å². The zero-order chi connectivity index (χ0) is 20.6. The van der Waals surface area contributed by atoms with E-state index in [1.54, 1.807) is 12.1 Å². The highest BCUT2D eigenvalue weighted by atomic mass is 16.5. The molecule has 2 N–H and O–H groups in total. The molecule has 1 amide bonds. The molecule has 0 fully saturated rings. The molecular weight excluding hydrogens is 366 g/mol. The Bertz CT molecular complexity index is 820. The number of ether oxygens (including phenoxy) is 3. The van der Waals surface area contributed by atoms with Gasteiger partial charge in [-0.3, -0.25) is 4.79 Å². The normalized spacial score (nSPS) is 12.4. The first-order valence-corrected chi connectivity index (χ1v) is 8.35. The van der Waals surface area contributed by atoms with Gasteiger partial charge in [0.2, 0.25) is 0 Å². The predicted octanol–water partition coefficient (Wildman–Crippen LogP) is 2.46. The van der Waals surface area contributed by atoms with Gasteiger partial charge < -0.3 is 24.6 Å². The molecule has 0 aliphatic heterocycles. The third kappa shape index (κ3) is 5.00. The second-order valence-corrected chi connectivity index (χ2v) is 5.88. The lowest BCUT2D eigenvalue weighted by Crippen LogP contribution is -2.53. The molecule has 0 heterocycles. The van der Waals surface area contributed by atoms with Gasteiger partial charge >= 0.3 is 18.0 Å². The number of carboxylic acids is 1.